The number of hydrogen-bond donors (Lipinski definition) is 3. The van der Waals surface area contributed by atoms with E-state index in [-0.39, 0.29) is 18.2 Å². The highest BCUT2D eigenvalue weighted by Crippen LogP contribution is 2.34. The van der Waals surface area contributed by atoms with Crippen molar-refractivity contribution in [1.82, 2.24) is 0 Å². The number of aromatic hydroxyl groups is 1. The SMILES string of the molecule is CC(N)CCC(=O)Nc1cc(C(F)(F)F)ccc1O. The van der Waals surface area contributed by atoms with Gasteiger partial charge in [-0.05, 0) is 31.5 Å². The van der Waals surface area contributed by atoms with Crippen molar-refractivity contribution in [2.75, 3.05) is 5.32 Å². The van der Waals surface area contributed by atoms with Crippen LogP contribution in [-0.4, -0.2) is 17.1 Å². The van der Waals surface area contributed by atoms with Crippen molar-refractivity contribution in [2.24, 2.45) is 5.73 Å². The summed E-state index contributed by atoms with van der Waals surface area (Å²) >= 11 is 0. The third-order valence-corrected chi connectivity index (χ3v) is 2.42. The van der Waals surface area contributed by atoms with Crippen LogP contribution in [0.25, 0.3) is 0 Å². The van der Waals surface area contributed by atoms with Gasteiger partial charge < -0.3 is 16.2 Å². The number of hydrogen-bond acceptors (Lipinski definition) is 3. The van der Waals surface area contributed by atoms with Gasteiger partial charge in [0.15, 0.2) is 0 Å². The van der Waals surface area contributed by atoms with Gasteiger partial charge in [0.2, 0.25) is 5.91 Å². The molecule has 4 N–H and O–H groups in total. The molecule has 1 unspecified atom stereocenters. The highest BCUT2D eigenvalue weighted by molar-refractivity contribution is 5.92. The molecular weight excluding hydrogens is 261 g/mol. The number of phenolic OH excluding ortho intramolecular Hbond substituents is 1. The van der Waals surface area contributed by atoms with Crippen molar-refractivity contribution >= 4 is 11.6 Å². The van der Waals surface area contributed by atoms with E-state index in [1.807, 2.05) is 0 Å². The summed E-state index contributed by atoms with van der Waals surface area (Å²) in [5.74, 6) is -0.908. The van der Waals surface area contributed by atoms with Crippen LogP contribution in [0, 0.1) is 0 Å². The number of anilines is 1. The Morgan fingerprint density at radius 2 is 2.11 bits per heavy atom. The summed E-state index contributed by atoms with van der Waals surface area (Å²) in [5, 5.41) is 11.7. The van der Waals surface area contributed by atoms with Crippen LogP contribution < -0.4 is 11.1 Å². The van der Waals surface area contributed by atoms with Gasteiger partial charge in [0.05, 0.1) is 11.3 Å². The van der Waals surface area contributed by atoms with Gasteiger partial charge in [0, 0.05) is 12.5 Å². The fraction of sp³-hybridized carbons (Fsp3) is 0.417. The third kappa shape index (κ3) is 4.78. The lowest BCUT2D eigenvalue weighted by molar-refractivity contribution is -0.137. The zero-order valence-electron chi connectivity index (χ0n) is 10.3. The van der Waals surface area contributed by atoms with Crippen LogP contribution in [-0.2, 0) is 11.0 Å². The van der Waals surface area contributed by atoms with E-state index < -0.39 is 23.4 Å². The van der Waals surface area contributed by atoms with Crippen molar-refractivity contribution < 1.29 is 23.1 Å². The highest BCUT2D eigenvalue weighted by atomic mass is 19.4. The second-order valence-electron chi connectivity index (χ2n) is 4.29. The summed E-state index contributed by atoms with van der Waals surface area (Å²) in [7, 11) is 0. The zero-order valence-corrected chi connectivity index (χ0v) is 10.3. The second-order valence-corrected chi connectivity index (χ2v) is 4.29. The summed E-state index contributed by atoms with van der Waals surface area (Å²) in [6, 6.07) is 2.15. The van der Waals surface area contributed by atoms with Crippen LogP contribution in [0.2, 0.25) is 0 Å². The Bertz CT molecular complexity index is 459. The van der Waals surface area contributed by atoms with Gasteiger partial charge in [0.25, 0.3) is 0 Å². The first-order valence-electron chi connectivity index (χ1n) is 5.66. The molecule has 1 aromatic rings. The molecule has 0 saturated carbocycles. The number of carbonyl (C=O) groups is 1. The van der Waals surface area contributed by atoms with Crippen LogP contribution in [0.15, 0.2) is 18.2 Å². The van der Waals surface area contributed by atoms with E-state index in [0.29, 0.717) is 12.5 Å². The maximum Gasteiger partial charge on any atom is 0.416 e. The number of nitrogens with two attached hydrogens (primary N) is 1. The predicted molar refractivity (Wildman–Crippen MR) is 64.6 cm³/mol. The first-order valence-corrected chi connectivity index (χ1v) is 5.66. The Morgan fingerprint density at radius 3 is 2.63 bits per heavy atom. The van der Waals surface area contributed by atoms with E-state index >= 15 is 0 Å². The van der Waals surface area contributed by atoms with Crippen LogP contribution in [0.3, 0.4) is 0 Å². The molecule has 0 heterocycles. The van der Waals surface area contributed by atoms with Gasteiger partial charge in [-0.2, -0.15) is 13.2 Å². The molecule has 0 aromatic heterocycles. The maximum atomic E-state index is 12.5. The Hall–Kier alpha value is -1.76. The summed E-state index contributed by atoms with van der Waals surface area (Å²) < 4.78 is 37.4. The van der Waals surface area contributed by atoms with Crippen molar-refractivity contribution in [3.05, 3.63) is 23.8 Å². The molecule has 0 aliphatic heterocycles. The number of amides is 1. The van der Waals surface area contributed by atoms with Crippen LogP contribution in [0.5, 0.6) is 5.75 Å². The van der Waals surface area contributed by atoms with Gasteiger partial charge in [0.1, 0.15) is 5.75 Å². The van der Waals surface area contributed by atoms with E-state index in [2.05, 4.69) is 5.32 Å². The normalized spacial score (nSPS) is 13.1. The Morgan fingerprint density at radius 1 is 1.47 bits per heavy atom. The predicted octanol–water partition coefficient (Wildman–Crippen LogP) is 2.48. The van der Waals surface area contributed by atoms with Crippen LogP contribution in [0.1, 0.15) is 25.3 Å². The van der Waals surface area contributed by atoms with E-state index in [1.54, 1.807) is 6.92 Å². The second kappa shape index (κ2) is 5.92. The van der Waals surface area contributed by atoms with Gasteiger partial charge in [-0.3, -0.25) is 4.79 Å². The molecule has 0 aliphatic carbocycles. The lowest BCUT2D eigenvalue weighted by atomic mass is 10.1. The quantitative estimate of drug-likeness (QED) is 0.739. The topological polar surface area (TPSA) is 75.4 Å². The molecule has 1 atom stereocenters. The molecule has 7 heteroatoms. The Labute approximate surface area is 108 Å². The molecule has 1 amide bonds. The van der Waals surface area contributed by atoms with Crippen LogP contribution >= 0.6 is 0 Å². The highest BCUT2D eigenvalue weighted by Gasteiger charge is 2.31. The van der Waals surface area contributed by atoms with Gasteiger partial charge in [-0.1, -0.05) is 0 Å². The summed E-state index contributed by atoms with van der Waals surface area (Å²) in [6.07, 6.45) is -4.04. The van der Waals surface area contributed by atoms with Crippen LogP contribution in [0.4, 0.5) is 18.9 Å². The number of nitrogens with one attached hydrogen (secondary N) is 1. The number of benzene rings is 1. The minimum absolute atomic E-state index is 0.0767. The monoisotopic (exact) mass is 276 g/mol. The first kappa shape index (κ1) is 15.3. The van der Waals surface area contributed by atoms with E-state index in [9.17, 15) is 23.1 Å². The maximum absolute atomic E-state index is 12.5. The molecule has 0 bridgehead atoms. The zero-order chi connectivity index (χ0) is 14.6. The number of alkyl halides is 3. The van der Waals surface area contributed by atoms with Gasteiger partial charge >= 0.3 is 6.18 Å². The third-order valence-electron chi connectivity index (χ3n) is 2.42. The number of phenols is 1. The fourth-order valence-electron chi connectivity index (χ4n) is 1.38. The Balaban J connectivity index is 2.80. The number of carbonyl (C=O) groups excluding carboxylic acids is 1. The van der Waals surface area contributed by atoms with Crippen molar-refractivity contribution in [2.45, 2.75) is 32.0 Å². The average molecular weight is 276 g/mol. The number of rotatable bonds is 4. The lowest BCUT2D eigenvalue weighted by Crippen LogP contribution is -2.19. The molecular formula is C12H15F3N2O2. The molecule has 0 aliphatic rings. The molecule has 0 radical (unpaired) electrons. The summed E-state index contributed by atoms with van der Waals surface area (Å²) in [4.78, 5) is 11.5. The van der Waals surface area contributed by atoms with E-state index in [0.717, 1.165) is 12.1 Å². The molecule has 0 saturated heterocycles. The van der Waals surface area contributed by atoms with Crippen molar-refractivity contribution in [3.8, 4) is 5.75 Å². The minimum atomic E-state index is -4.53. The minimum Gasteiger partial charge on any atom is -0.506 e. The average Bonchev–Trinajstić information content (AvgIpc) is 2.28. The molecule has 0 fully saturated rings. The summed E-state index contributed by atoms with van der Waals surface area (Å²) in [6.45, 7) is 1.72. The first-order chi connectivity index (χ1) is 8.70. The standard InChI is InChI=1S/C12H15F3N2O2/c1-7(16)2-5-11(19)17-9-6-8(12(13,14)15)3-4-10(9)18/h3-4,6-7,18H,2,5,16H2,1H3,(H,17,19). The molecule has 4 nitrogen and oxygen atoms in total. The van der Waals surface area contributed by atoms with Crippen molar-refractivity contribution in [1.29, 1.82) is 0 Å². The van der Waals surface area contributed by atoms with E-state index in [1.165, 1.54) is 0 Å². The molecule has 106 valence electrons. The molecule has 1 aromatic carbocycles. The van der Waals surface area contributed by atoms with Crippen molar-refractivity contribution in [3.63, 3.8) is 0 Å². The largest absolute Gasteiger partial charge is 0.506 e. The Kier molecular flexibility index (Phi) is 4.77. The number of halogens is 3. The summed E-state index contributed by atoms with van der Waals surface area (Å²) in [5.41, 5.74) is 4.27. The van der Waals surface area contributed by atoms with Gasteiger partial charge in [-0.25, -0.2) is 0 Å². The smallest absolute Gasteiger partial charge is 0.416 e. The van der Waals surface area contributed by atoms with E-state index in [4.69, 9.17) is 5.73 Å². The fourth-order valence-corrected chi connectivity index (χ4v) is 1.38. The van der Waals surface area contributed by atoms with Gasteiger partial charge in [-0.15, -0.1) is 0 Å². The molecule has 1 rings (SSSR count). The molecule has 19 heavy (non-hydrogen) atoms. The lowest BCUT2D eigenvalue weighted by Gasteiger charge is -2.12. The molecule has 0 spiro atoms.